The van der Waals surface area contributed by atoms with Crippen molar-refractivity contribution in [3.63, 3.8) is 0 Å². The zero-order valence-electron chi connectivity index (χ0n) is 15.5. The zero-order chi connectivity index (χ0) is 19.0. The number of nitrogens with zero attached hydrogens (tertiary/aromatic N) is 3. The fourth-order valence-corrected chi connectivity index (χ4v) is 5.09. The number of halogens is 1. The summed E-state index contributed by atoms with van der Waals surface area (Å²) in [5.74, 6) is -0.266. The average molecular weight is 371 g/mol. The van der Waals surface area contributed by atoms with Crippen LogP contribution in [0.4, 0.5) is 10.1 Å². The molecule has 27 heavy (non-hydrogen) atoms. The molecule has 1 aliphatic carbocycles. The van der Waals surface area contributed by atoms with E-state index in [-0.39, 0.29) is 29.0 Å². The van der Waals surface area contributed by atoms with Gasteiger partial charge in [0.25, 0.3) is 0 Å². The molecule has 144 valence electrons. The number of carbonyl (C=O) groups is 1. The van der Waals surface area contributed by atoms with E-state index in [1.807, 2.05) is 6.07 Å². The molecule has 6 heteroatoms. The number of likely N-dealkylation sites (tertiary alicyclic amines) is 1. The minimum atomic E-state index is -0.505. The van der Waals surface area contributed by atoms with Gasteiger partial charge in [-0.1, -0.05) is 0 Å². The molecule has 1 aromatic carbocycles. The summed E-state index contributed by atoms with van der Waals surface area (Å²) in [6.07, 6.45) is 5.74. The molecule has 1 amide bonds. The molecule has 3 fully saturated rings. The van der Waals surface area contributed by atoms with Crippen molar-refractivity contribution in [2.75, 3.05) is 24.5 Å². The van der Waals surface area contributed by atoms with Crippen molar-refractivity contribution in [3.8, 4) is 6.07 Å². The van der Waals surface area contributed by atoms with Crippen molar-refractivity contribution < 1.29 is 14.3 Å². The highest BCUT2D eigenvalue weighted by atomic mass is 19.1. The number of carbonyl (C=O) groups excluding carboxylic acids is 1. The molecule has 0 radical (unpaired) electrons. The van der Waals surface area contributed by atoms with Gasteiger partial charge in [-0.25, -0.2) is 4.39 Å². The van der Waals surface area contributed by atoms with Gasteiger partial charge in [0.15, 0.2) is 0 Å². The van der Waals surface area contributed by atoms with E-state index in [0.717, 1.165) is 63.7 Å². The summed E-state index contributed by atoms with van der Waals surface area (Å²) >= 11 is 0. The molecule has 3 aliphatic rings. The second-order valence-corrected chi connectivity index (χ2v) is 8.29. The molecule has 0 aromatic heterocycles. The summed E-state index contributed by atoms with van der Waals surface area (Å²) in [5.41, 5.74) is 0.421. The van der Waals surface area contributed by atoms with Crippen LogP contribution in [0, 0.1) is 22.6 Å². The number of hydrogen-bond donors (Lipinski definition) is 1. The van der Waals surface area contributed by atoms with Gasteiger partial charge >= 0.3 is 0 Å². The predicted molar refractivity (Wildman–Crippen MR) is 99.6 cm³/mol. The third kappa shape index (κ3) is 3.29. The number of piperidine rings is 1. The quantitative estimate of drug-likeness (QED) is 0.868. The second-order valence-electron chi connectivity index (χ2n) is 8.29. The Kier molecular flexibility index (Phi) is 4.81. The molecule has 2 saturated heterocycles. The molecule has 1 unspecified atom stereocenters. The van der Waals surface area contributed by atoms with E-state index in [1.165, 1.54) is 12.1 Å². The van der Waals surface area contributed by atoms with Gasteiger partial charge in [0.2, 0.25) is 5.91 Å². The van der Waals surface area contributed by atoms with Crippen molar-refractivity contribution in [3.05, 3.63) is 29.6 Å². The van der Waals surface area contributed by atoms with E-state index in [2.05, 4.69) is 9.80 Å². The van der Waals surface area contributed by atoms with E-state index < -0.39 is 5.82 Å². The summed E-state index contributed by atoms with van der Waals surface area (Å²) in [6.45, 7) is 2.20. The van der Waals surface area contributed by atoms with E-state index >= 15 is 0 Å². The lowest BCUT2D eigenvalue weighted by Crippen LogP contribution is -2.50. The lowest BCUT2D eigenvalue weighted by molar-refractivity contribution is -0.139. The van der Waals surface area contributed by atoms with E-state index in [4.69, 9.17) is 5.26 Å². The van der Waals surface area contributed by atoms with Crippen LogP contribution in [0.5, 0.6) is 0 Å². The van der Waals surface area contributed by atoms with Gasteiger partial charge in [-0.2, -0.15) is 5.26 Å². The summed E-state index contributed by atoms with van der Waals surface area (Å²) < 4.78 is 14.0. The maximum Gasteiger partial charge on any atom is 0.230 e. The van der Waals surface area contributed by atoms with Gasteiger partial charge < -0.3 is 14.9 Å². The molecule has 2 heterocycles. The van der Waals surface area contributed by atoms with E-state index in [9.17, 15) is 14.3 Å². The third-order valence-electron chi connectivity index (χ3n) is 6.67. The monoisotopic (exact) mass is 371 g/mol. The highest BCUT2D eigenvalue weighted by molar-refractivity contribution is 5.86. The Morgan fingerprint density at radius 3 is 2.67 bits per heavy atom. The van der Waals surface area contributed by atoms with Crippen LogP contribution in [0.25, 0.3) is 0 Å². The number of aliphatic hydroxyl groups is 1. The maximum atomic E-state index is 14.0. The molecule has 1 saturated carbocycles. The largest absolute Gasteiger partial charge is 0.393 e. The molecule has 1 spiro atoms. The van der Waals surface area contributed by atoms with Crippen LogP contribution in [0.15, 0.2) is 18.2 Å². The molecular weight excluding hydrogens is 345 g/mol. The van der Waals surface area contributed by atoms with Gasteiger partial charge in [-0.05, 0) is 63.1 Å². The molecule has 5 nitrogen and oxygen atoms in total. The maximum absolute atomic E-state index is 14.0. The molecule has 2 aliphatic heterocycles. The number of aliphatic hydroxyl groups excluding tert-OH is 1. The van der Waals surface area contributed by atoms with Gasteiger partial charge in [0.05, 0.1) is 17.1 Å². The van der Waals surface area contributed by atoms with Crippen LogP contribution >= 0.6 is 0 Å². The summed E-state index contributed by atoms with van der Waals surface area (Å²) in [5, 5.41) is 18.7. The zero-order valence-corrected chi connectivity index (χ0v) is 15.5. The number of rotatable bonds is 2. The molecule has 1 atom stereocenters. The Bertz CT molecular complexity index is 769. The van der Waals surface area contributed by atoms with Gasteiger partial charge in [-0.15, -0.1) is 0 Å². The summed E-state index contributed by atoms with van der Waals surface area (Å²) in [6, 6.07) is 6.82. The van der Waals surface area contributed by atoms with Crippen LogP contribution in [0.1, 0.15) is 50.5 Å². The number of benzene rings is 1. The van der Waals surface area contributed by atoms with Crippen LogP contribution in [-0.4, -0.2) is 47.7 Å². The smallest absolute Gasteiger partial charge is 0.230 e. The first kappa shape index (κ1) is 18.2. The fraction of sp³-hybridized carbons (Fsp3) is 0.619. The van der Waals surface area contributed by atoms with E-state index in [1.54, 1.807) is 6.07 Å². The van der Waals surface area contributed by atoms with Crippen molar-refractivity contribution in [1.82, 2.24) is 4.90 Å². The first-order valence-electron chi connectivity index (χ1n) is 9.96. The lowest BCUT2D eigenvalue weighted by Gasteiger charge is -2.41. The Balaban J connectivity index is 1.50. The summed E-state index contributed by atoms with van der Waals surface area (Å²) in [7, 11) is 0. The first-order chi connectivity index (χ1) is 13.0. The number of nitriles is 1. The van der Waals surface area contributed by atoms with Crippen LogP contribution in [0.2, 0.25) is 0 Å². The molecule has 1 aromatic rings. The van der Waals surface area contributed by atoms with Gasteiger partial charge in [0, 0.05) is 31.4 Å². The molecule has 4 rings (SSSR count). The van der Waals surface area contributed by atoms with Crippen LogP contribution in [-0.2, 0) is 4.79 Å². The van der Waals surface area contributed by atoms with Gasteiger partial charge in [-0.3, -0.25) is 4.79 Å². The van der Waals surface area contributed by atoms with Crippen molar-refractivity contribution in [1.29, 1.82) is 5.26 Å². The Morgan fingerprint density at radius 1 is 1.19 bits per heavy atom. The number of hydrogen-bond acceptors (Lipinski definition) is 4. The van der Waals surface area contributed by atoms with Crippen LogP contribution < -0.4 is 4.90 Å². The average Bonchev–Trinajstić information content (AvgIpc) is 2.98. The molecular formula is C21H26FN3O2. The predicted octanol–water partition coefficient (Wildman–Crippen LogP) is 2.82. The fourth-order valence-electron chi connectivity index (χ4n) is 5.09. The van der Waals surface area contributed by atoms with Gasteiger partial charge in [0.1, 0.15) is 11.9 Å². The van der Waals surface area contributed by atoms with E-state index in [0.29, 0.717) is 6.54 Å². The third-order valence-corrected chi connectivity index (χ3v) is 6.67. The number of amides is 1. The normalized spacial score (nSPS) is 31.4. The van der Waals surface area contributed by atoms with Crippen LogP contribution in [0.3, 0.4) is 0 Å². The van der Waals surface area contributed by atoms with Crippen molar-refractivity contribution >= 4 is 11.6 Å². The lowest BCUT2D eigenvalue weighted by atomic mass is 9.78. The standard InChI is InChI=1S/C21H26FN3O2/c22-19-12-17(3-2-15(19)13-23)24-10-1-8-21(14-24)9-11-25(20(21)27)16-4-6-18(26)7-5-16/h2-3,12,16,18,26H,1,4-11,14H2/t16-,18-,21?. The summed E-state index contributed by atoms with van der Waals surface area (Å²) in [4.78, 5) is 17.5. The Labute approximate surface area is 159 Å². The highest BCUT2D eigenvalue weighted by Gasteiger charge is 2.50. The Morgan fingerprint density at radius 2 is 1.96 bits per heavy atom. The second kappa shape index (κ2) is 7.12. The van der Waals surface area contributed by atoms with Crippen molar-refractivity contribution in [2.24, 2.45) is 5.41 Å². The SMILES string of the molecule is N#Cc1ccc(N2CCCC3(CCN([C@H]4CC[C@H](O)CC4)C3=O)C2)cc1F. The molecule has 1 N–H and O–H groups in total. The first-order valence-corrected chi connectivity index (χ1v) is 9.96. The minimum Gasteiger partial charge on any atom is -0.393 e. The molecule has 0 bridgehead atoms. The highest BCUT2D eigenvalue weighted by Crippen LogP contribution is 2.43. The van der Waals surface area contributed by atoms with Crippen molar-refractivity contribution in [2.45, 2.75) is 57.1 Å². The topological polar surface area (TPSA) is 67.6 Å². The minimum absolute atomic E-state index is 0.0491. The number of anilines is 1. The Hall–Kier alpha value is -2.13.